The first kappa shape index (κ1) is 20.5. The van der Waals surface area contributed by atoms with Crippen molar-refractivity contribution in [2.24, 2.45) is 0 Å². The Morgan fingerprint density at radius 3 is 2.85 bits per heavy atom. The highest BCUT2D eigenvalue weighted by Gasteiger charge is 2.31. The largest absolute Gasteiger partial charge is 0.482 e. The van der Waals surface area contributed by atoms with Crippen molar-refractivity contribution >= 4 is 34.4 Å². The predicted molar refractivity (Wildman–Crippen MR) is 130 cm³/mol. The summed E-state index contributed by atoms with van der Waals surface area (Å²) in [6.45, 7) is 3.37. The van der Waals surface area contributed by atoms with Crippen LogP contribution in [-0.4, -0.2) is 50.7 Å². The van der Waals surface area contributed by atoms with Gasteiger partial charge in [-0.1, -0.05) is 0 Å². The Bertz CT molecular complexity index is 1400. The average molecular weight is 457 g/mol. The summed E-state index contributed by atoms with van der Waals surface area (Å²) in [6, 6.07) is 13.7. The van der Waals surface area contributed by atoms with E-state index >= 15 is 0 Å². The fourth-order valence-corrected chi connectivity index (χ4v) is 4.45. The number of aromatic nitrogens is 3. The maximum absolute atomic E-state index is 11.7. The molecule has 3 N–H and O–H groups in total. The van der Waals surface area contributed by atoms with Gasteiger partial charge in [0, 0.05) is 48.6 Å². The molecule has 1 fully saturated rings. The molecule has 0 saturated carbocycles. The van der Waals surface area contributed by atoms with E-state index in [1.165, 1.54) is 0 Å². The summed E-state index contributed by atoms with van der Waals surface area (Å²) in [7, 11) is 0. The van der Waals surface area contributed by atoms with E-state index in [1.54, 1.807) is 6.20 Å². The number of rotatable bonds is 4. The SMILES string of the molecule is CC1(O)CCN(c2ccc(Nc3nc(-c4ccc5c(c4)NC(=O)CO5)cn4ccnc34)cc2)C1. The Kier molecular flexibility index (Phi) is 4.66. The third-order valence-electron chi connectivity index (χ3n) is 6.23. The molecule has 1 atom stereocenters. The van der Waals surface area contributed by atoms with E-state index in [0.29, 0.717) is 29.4 Å². The molecular formula is C25H24N6O3. The highest BCUT2D eigenvalue weighted by atomic mass is 16.5. The molecule has 9 nitrogen and oxygen atoms in total. The van der Waals surface area contributed by atoms with Gasteiger partial charge in [0.25, 0.3) is 5.91 Å². The second-order valence-corrected chi connectivity index (χ2v) is 9.02. The zero-order valence-corrected chi connectivity index (χ0v) is 18.7. The molecule has 2 aliphatic heterocycles. The standard InChI is InChI=1S/C25H24N6O3/c1-25(33)8-10-31(15-25)18-5-3-17(4-6-18)27-23-24-26-9-11-30(24)13-20(29-23)16-2-7-21-19(12-16)28-22(32)14-34-21/h2-7,9,11-13,33H,8,10,14-15H2,1H3,(H,27,29)(H,28,32). The Morgan fingerprint density at radius 1 is 1.21 bits per heavy atom. The zero-order chi connectivity index (χ0) is 23.3. The predicted octanol–water partition coefficient (Wildman–Crippen LogP) is 3.43. The molecule has 6 rings (SSSR count). The van der Waals surface area contributed by atoms with Crippen LogP contribution in [0.3, 0.4) is 0 Å². The molecule has 2 aliphatic rings. The lowest BCUT2D eigenvalue weighted by atomic mass is 10.1. The van der Waals surface area contributed by atoms with Gasteiger partial charge in [-0.3, -0.25) is 4.79 Å². The molecule has 1 saturated heterocycles. The summed E-state index contributed by atoms with van der Waals surface area (Å²) in [4.78, 5) is 23.2. The summed E-state index contributed by atoms with van der Waals surface area (Å²) in [5, 5.41) is 16.5. The number of carbonyl (C=O) groups excluding carboxylic acids is 1. The number of imidazole rings is 1. The van der Waals surface area contributed by atoms with Crippen LogP contribution in [0.25, 0.3) is 16.9 Å². The molecule has 0 bridgehead atoms. The highest BCUT2D eigenvalue weighted by Crippen LogP contribution is 2.33. The van der Waals surface area contributed by atoms with Crippen LogP contribution in [0.2, 0.25) is 0 Å². The fourth-order valence-electron chi connectivity index (χ4n) is 4.45. The summed E-state index contributed by atoms with van der Waals surface area (Å²) in [5.74, 6) is 1.09. The van der Waals surface area contributed by atoms with Crippen LogP contribution in [0.5, 0.6) is 5.75 Å². The molecule has 4 aromatic rings. The van der Waals surface area contributed by atoms with Crippen LogP contribution in [0.1, 0.15) is 13.3 Å². The second-order valence-electron chi connectivity index (χ2n) is 9.02. The fraction of sp³-hybridized carbons (Fsp3) is 0.240. The van der Waals surface area contributed by atoms with Crippen molar-refractivity contribution in [2.75, 3.05) is 35.2 Å². The molecule has 2 aromatic heterocycles. The lowest BCUT2D eigenvalue weighted by Gasteiger charge is -2.21. The molecule has 4 heterocycles. The van der Waals surface area contributed by atoms with E-state index in [-0.39, 0.29) is 12.5 Å². The monoisotopic (exact) mass is 456 g/mol. The average Bonchev–Trinajstić information content (AvgIpc) is 3.45. The number of hydrogen-bond acceptors (Lipinski definition) is 7. The topological polar surface area (TPSA) is 104 Å². The molecule has 0 spiro atoms. The smallest absolute Gasteiger partial charge is 0.262 e. The van der Waals surface area contributed by atoms with Crippen LogP contribution >= 0.6 is 0 Å². The van der Waals surface area contributed by atoms with Crippen molar-refractivity contribution in [3.63, 3.8) is 0 Å². The molecule has 2 aromatic carbocycles. The molecule has 1 amide bonds. The lowest BCUT2D eigenvalue weighted by molar-refractivity contribution is -0.118. The number of carbonyl (C=O) groups is 1. The maximum atomic E-state index is 11.7. The molecular weight excluding hydrogens is 432 g/mol. The first-order chi connectivity index (χ1) is 16.4. The number of β-amino-alcohol motifs (C(OH)–C–C–N with tert-alkyl or cyclic N) is 1. The molecule has 1 unspecified atom stereocenters. The number of benzene rings is 2. The van der Waals surface area contributed by atoms with E-state index in [1.807, 2.05) is 66.2 Å². The van der Waals surface area contributed by atoms with Gasteiger partial charge in [0.2, 0.25) is 0 Å². The van der Waals surface area contributed by atoms with Gasteiger partial charge in [0.05, 0.1) is 17.0 Å². The van der Waals surface area contributed by atoms with Crippen LogP contribution in [-0.2, 0) is 4.79 Å². The van der Waals surface area contributed by atoms with Crippen molar-refractivity contribution in [2.45, 2.75) is 18.9 Å². The first-order valence-electron chi connectivity index (χ1n) is 11.2. The zero-order valence-electron chi connectivity index (χ0n) is 18.7. The van der Waals surface area contributed by atoms with Crippen LogP contribution in [0, 0.1) is 0 Å². The van der Waals surface area contributed by atoms with E-state index in [9.17, 15) is 9.90 Å². The van der Waals surface area contributed by atoms with Gasteiger partial charge >= 0.3 is 0 Å². The number of nitrogens with one attached hydrogen (secondary N) is 2. The highest BCUT2D eigenvalue weighted by molar-refractivity contribution is 5.96. The van der Waals surface area contributed by atoms with Crippen LogP contribution in [0.4, 0.5) is 22.9 Å². The van der Waals surface area contributed by atoms with Gasteiger partial charge in [-0.05, 0) is 55.8 Å². The van der Waals surface area contributed by atoms with Crippen LogP contribution < -0.4 is 20.3 Å². The molecule has 0 aliphatic carbocycles. The quantitative estimate of drug-likeness (QED) is 0.432. The van der Waals surface area contributed by atoms with Gasteiger partial charge in [-0.25, -0.2) is 9.97 Å². The Balaban J connectivity index is 1.30. The van der Waals surface area contributed by atoms with E-state index in [0.717, 1.165) is 35.6 Å². The molecule has 34 heavy (non-hydrogen) atoms. The summed E-state index contributed by atoms with van der Waals surface area (Å²) in [6.07, 6.45) is 6.27. The van der Waals surface area contributed by atoms with Gasteiger partial charge in [0.1, 0.15) is 5.75 Å². The Labute approximate surface area is 196 Å². The van der Waals surface area contributed by atoms with Crippen molar-refractivity contribution < 1.29 is 14.6 Å². The number of aliphatic hydroxyl groups is 1. The summed E-state index contributed by atoms with van der Waals surface area (Å²) < 4.78 is 7.38. The van der Waals surface area contributed by atoms with Gasteiger partial charge < -0.3 is 29.8 Å². The van der Waals surface area contributed by atoms with Crippen molar-refractivity contribution in [3.8, 4) is 17.0 Å². The third kappa shape index (κ3) is 3.80. The van der Waals surface area contributed by atoms with Gasteiger partial charge in [-0.2, -0.15) is 0 Å². The Morgan fingerprint density at radius 2 is 2.06 bits per heavy atom. The van der Waals surface area contributed by atoms with Crippen molar-refractivity contribution in [3.05, 3.63) is 61.1 Å². The third-order valence-corrected chi connectivity index (χ3v) is 6.23. The normalized spacial score (nSPS) is 19.6. The number of fused-ring (bicyclic) bond motifs is 2. The number of anilines is 4. The van der Waals surface area contributed by atoms with E-state index in [2.05, 4.69) is 20.5 Å². The van der Waals surface area contributed by atoms with Crippen molar-refractivity contribution in [1.29, 1.82) is 0 Å². The minimum atomic E-state index is -0.640. The number of hydrogen-bond donors (Lipinski definition) is 3. The number of amides is 1. The second kappa shape index (κ2) is 7.74. The van der Waals surface area contributed by atoms with E-state index in [4.69, 9.17) is 9.72 Å². The molecule has 9 heteroatoms. The van der Waals surface area contributed by atoms with E-state index < -0.39 is 5.60 Å². The number of ether oxygens (including phenoxy) is 1. The summed E-state index contributed by atoms with van der Waals surface area (Å²) >= 11 is 0. The molecule has 172 valence electrons. The van der Waals surface area contributed by atoms with Crippen molar-refractivity contribution in [1.82, 2.24) is 14.4 Å². The maximum Gasteiger partial charge on any atom is 0.262 e. The molecule has 0 radical (unpaired) electrons. The number of nitrogens with zero attached hydrogens (tertiary/aromatic N) is 4. The van der Waals surface area contributed by atoms with Gasteiger partial charge in [0.15, 0.2) is 18.1 Å². The Hall–Kier alpha value is -4.11. The minimum Gasteiger partial charge on any atom is -0.482 e. The summed E-state index contributed by atoms with van der Waals surface area (Å²) in [5.41, 5.74) is 4.24. The first-order valence-corrected chi connectivity index (χ1v) is 11.2. The van der Waals surface area contributed by atoms with Crippen LogP contribution in [0.15, 0.2) is 61.1 Å². The van der Waals surface area contributed by atoms with Gasteiger partial charge in [-0.15, -0.1) is 0 Å². The lowest BCUT2D eigenvalue weighted by Crippen LogP contribution is -2.29. The minimum absolute atomic E-state index is 0.0233.